The number of nitrogens with zero attached hydrogens (tertiary/aromatic N) is 1. The molecule has 0 saturated heterocycles. The fraction of sp³-hybridized carbons (Fsp3) is 0.222. The number of amides is 1. The number of methoxy groups -OCH3 is 1. The first-order chi connectivity index (χ1) is 12.5. The Morgan fingerprint density at radius 1 is 1.12 bits per heavy atom. The van der Waals surface area contributed by atoms with Gasteiger partial charge in [0.1, 0.15) is 5.75 Å². The average molecular weight is 397 g/mol. The lowest BCUT2D eigenvalue weighted by Gasteiger charge is -2.09. The third kappa shape index (κ3) is 5.82. The molecule has 0 aliphatic heterocycles. The van der Waals surface area contributed by atoms with E-state index in [-0.39, 0.29) is 6.61 Å². The lowest BCUT2D eigenvalue weighted by molar-refractivity contribution is -0.123. The molecule has 0 unspecified atom stereocenters. The van der Waals surface area contributed by atoms with E-state index >= 15 is 0 Å². The van der Waals surface area contributed by atoms with Gasteiger partial charge in [-0.2, -0.15) is 5.10 Å². The number of ether oxygens (including phenoxy) is 3. The minimum absolute atomic E-state index is 0.246. The second-order valence-corrected chi connectivity index (χ2v) is 5.84. The van der Waals surface area contributed by atoms with Gasteiger partial charge in [0.2, 0.25) is 0 Å². The maximum Gasteiger partial charge on any atom is 0.277 e. The molecule has 0 aliphatic rings. The molecule has 138 valence electrons. The van der Waals surface area contributed by atoms with Gasteiger partial charge >= 0.3 is 0 Å². The summed E-state index contributed by atoms with van der Waals surface area (Å²) in [4.78, 5) is 11.8. The van der Waals surface area contributed by atoms with Crippen LogP contribution in [-0.4, -0.2) is 32.4 Å². The van der Waals surface area contributed by atoms with Crippen LogP contribution in [0.3, 0.4) is 0 Å². The molecule has 0 radical (unpaired) electrons. The highest BCUT2D eigenvalue weighted by Gasteiger charge is 2.07. The quantitative estimate of drug-likeness (QED) is 0.541. The van der Waals surface area contributed by atoms with Crippen LogP contribution in [0.4, 0.5) is 0 Å². The molecule has 2 aromatic rings. The Morgan fingerprint density at radius 3 is 2.65 bits per heavy atom. The fourth-order valence-corrected chi connectivity index (χ4v) is 2.32. The topological polar surface area (TPSA) is 69.2 Å². The summed E-state index contributed by atoms with van der Waals surface area (Å²) in [5.74, 6) is 1.12. The summed E-state index contributed by atoms with van der Waals surface area (Å²) in [5.41, 5.74) is 3.11. The minimum atomic E-state index is -0.435. The van der Waals surface area contributed by atoms with E-state index in [0.717, 1.165) is 5.56 Å². The maximum absolute atomic E-state index is 11.8. The van der Waals surface area contributed by atoms with Crippen LogP contribution < -0.4 is 19.6 Å². The second-order valence-electron chi connectivity index (χ2n) is 5.00. The van der Waals surface area contributed by atoms with E-state index in [4.69, 9.17) is 37.4 Å². The van der Waals surface area contributed by atoms with Gasteiger partial charge in [-0.1, -0.05) is 23.2 Å². The Bertz CT molecular complexity index is 797. The molecule has 0 spiro atoms. The number of carbonyl (C=O) groups excluding carboxylic acids is 1. The number of hydrogen-bond donors (Lipinski definition) is 1. The predicted molar refractivity (Wildman–Crippen MR) is 102 cm³/mol. The Morgan fingerprint density at radius 2 is 1.92 bits per heavy atom. The van der Waals surface area contributed by atoms with E-state index in [1.807, 2.05) is 6.92 Å². The van der Waals surface area contributed by atoms with E-state index in [1.54, 1.807) is 37.4 Å². The van der Waals surface area contributed by atoms with Crippen molar-refractivity contribution in [2.45, 2.75) is 6.92 Å². The Hall–Kier alpha value is -2.44. The van der Waals surface area contributed by atoms with Crippen LogP contribution >= 0.6 is 23.2 Å². The number of carbonyl (C=O) groups is 1. The van der Waals surface area contributed by atoms with E-state index in [2.05, 4.69) is 10.5 Å². The van der Waals surface area contributed by atoms with Crippen molar-refractivity contribution < 1.29 is 19.0 Å². The maximum atomic E-state index is 11.8. The summed E-state index contributed by atoms with van der Waals surface area (Å²) < 4.78 is 16.0. The van der Waals surface area contributed by atoms with Gasteiger partial charge in [0.05, 0.1) is 25.0 Å². The first kappa shape index (κ1) is 19.9. The normalized spacial score (nSPS) is 10.6. The number of hydrazone groups is 1. The Labute approximate surface area is 161 Å². The molecular formula is C18H18Cl2N2O4. The zero-order chi connectivity index (χ0) is 18.9. The molecule has 0 bridgehead atoms. The molecule has 0 aliphatic carbocycles. The highest BCUT2D eigenvalue weighted by molar-refractivity contribution is 6.34. The number of nitrogens with one attached hydrogen (secondary N) is 1. The van der Waals surface area contributed by atoms with Crippen molar-refractivity contribution in [1.29, 1.82) is 0 Å². The van der Waals surface area contributed by atoms with Crippen molar-refractivity contribution in [3.8, 4) is 17.2 Å². The van der Waals surface area contributed by atoms with Crippen molar-refractivity contribution in [1.82, 2.24) is 5.43 Å². The number of rotatable bonds is 8. The second kappa shape index (κ2) is 9.89. The largest absolute Gasteiger partial charge is 0.493 e. The highest BCUT2D eigenvalue weighted by atomic mass is 35.5. The van der Waals surface area contributed by atoms with Crippen molar-refractivity contribution >= 4 is 35.3 Å². The minimum Gasteiger partial charge on any atom is -0.493 e. The third-order valence-corrected chi connectivity index (χ3v) is 3.69. The summed E-state index contributed by atoms with van der Waals surface area (Å²) in [6.07, 6.45) is 1.49. The van der Waals surface area contributed by atoms with E-state index in [9.17, 15) is 4.79 Å². The molecule has 0 aromatic heterocycles. The third-order valence-electron chi connectivity index (χ3n) is 3.14. The SMILES string of the molecule is CCOc1ccc(/C=N/NC(=O)COc2cc(Cl)ccc2Cl)cc1OC. The molecule has 26 heavy (non-hydrogen) atoms. The molecule has 2 aromatic carbocycles. The summed E-state index contributed by atoms with van der Waals surface area (Å²) in [6.45, 7) is 2.18. The number of benzene rings is 2. The molecule has 0 atom stereocenters. The van der Waals surface area contributed by atoms with Gasteiger partial charge in [-0.05, 0) is 42.8 Å². The van der Waals surface area contributed by atoms with Gasteiger partial charge < -0.3 is 14.2 Å². The van der Waals surface area contributed by atoms with Crippen LogP contribution in [0, 0.1) is 0 Å². The van der Waals surface area contributed by atoms with E-state index in [0.29, 0.717) is 33.9 Å². The van der Waals surface area contributed by atoms with Crippen molar-refractivity contribution in [3.63, 3.8) is 0 Å². The average Bonchev–Trinajstić information content (AvgIpc) is 2.63. The van der Waals surface area contributed by atoms with Crippen molar-refractivity contribution in [2.75, 3.05) is 20.3 Å². The van der Waals surface area contributed by atoms with Crippen LogP contribution in [0.1, 0.15) is 12.5 Å². The smallest absolute Gasteiger partial charge is 0.277 e. The van der Waals surface area contributed by atoms with Gasteiger partial charge in [-0.3, -0.25) is 4.79 Å². The first-order valence-corrected chi connectivity index (χ1v) is 8.49. The zero-order valence-electron chi connectivity index (χ0n) is 14.3. The lowest BCUT2D eigenvalue weighted by Crippen LogP contribution is -2.24. The van der Waals surface area contributed by atoms with Gasteiger partial charge in [0.15, 0.2) is 18.1 Å². The Kier molecular flexibility index (Phi) is 7.56. The molecule has 2 rings (SSSR count). The van der Waals surface area contributed by atoms with Gasteiger partial charge in [0.25, 0.3) is 5.91 Å². The molecule has 8 heteroatoms. The van der Waals surface area contributed by atoms with Gasteiger partial charge in [-0.25, -0.2) is 5.43 Å². The zero-order valence-corrected chi connectivity index (χ0v) is 15.8. The molecule has 6 nitrogen and oxygen atoms in total. The monoisotopic (exact) mass is 396 g/mol. The number of halogens is 2. The van der Waals surface area contributed by atoms with Crippen LogP contribution in [-0.2, 0) is 4.79 Å². The predicted octanol–water partition coefficient (Wildman–Crippen LogP) is 3.93. The van der Waals surface area contributed by atoms with Gasteiger partial charge in [-0.15, -0.1) is 0 Å². The van der Waals surface area contributed by atoms with E-state index in [1.165, 1.54) is 12.3 Å². The standard InChI is InChI=1S/C18H18Cl2N2O4/c1-3-25-15-7-4-12(8-17(15)24-2)10-21-22-18(23)11-26-16-9-13(19)5-6-14(16)20/h4-10H,3,11H2,1-2H3,(H,22,23)/b21-10+. The molecule has 0 fully saturated rings. The van der Waals surface area contributed by atoms with Gasteiger partial charge in [0, 0.05) is 11.1 Å². The van der Waals surface area contributed by atoms with E-state index < -0.39 is 5.91 Å². The molecule has 0 saturated carbocycles. The first-order valence-electron chi connectivity index (χ1n) is 7.74. The van der Waals surface area contributed by atoms with Crippen LogP contribution in [0.25, 0.3) is 0 Å². The summed E-state index contributed by atoms with van der Waals surface area (Å²) in [7, 11) is 1.55. The molecule has 0 heterocycles. The van der Waals surface area contributed by atoms with Crippen LogP contribution in [0.5, 0.6) is 17.2 Å². The number of hydrogen-bond acceptors (Lipinski definition) is 5. The van der Waals surface area contributed by atoms with Crippen molar-refractivity contribution in [3.05, 3.63) is 52.0 Å². The summed E-state index contributed by atoms with van der Waals surface area (Å²) >= 11 is 11.8. The lowest BCUT2D eigenvalue weighted by atomic mass is 10.2. The fourth-order valence-electron chi connectivity index (χ4n) is 1.98. The summed E-state index contributed by atoms with van der Waals surface area (Å²) in [5, 5.41) is 4.72. The molecule has 1 amide bonds. The summed E-state index contributed by atoms with van der Waals surface area (Å²) in [6, 6.07) is 10.1. The van der Waals surface area contributed by atoms with Crippen LogP contribution in [0.15, 0.2) is 41.5 Å². The molecular weight excluding hydrogens is 379 g/mol. The Balaban J connectivity index is 1.89. The molecule has 1 N–H and O–H groups in total. The van der Waals surface area contributed by atoms with Crippen molar-refractivity contribution in [2.24, 2.45) is 5.10 Å². The highest BCUT2D eigenvalue weighted by Crippen LogP contribution is 2.28. The van der Waals surface area contributed by atoms with Crippen LogP contribution in [0.2, 0.25) is 10.0 Å².